The van der Waals surface area contributed by atoms with Gasteiger partial charge >= 0.3 is 0 Å². The molecule has 1 amide bonds. The molecule has 4 heteroatoms. The molecule has 0 saturated carbocycles. The van der Waals surface area contributed by atoms with Crippen molar-refractivity contribution >= 4 is 22.6 Å². The first-order valence-corrected chi connectivity index (χ1v) is 6.79. The first-order valence-electron chi connectivity index (χ1n) is 6.79. The van der Waals surface area contributed by atoms with Crippen molar-refractivity contribution in [1.29, 1.82) is 0 Å². The van der Waals surface area contributed by atoms with Crippen LogP contribution in [-0.2, 0) is 6.54 Å². The summed E-state index contributed by atoms with van der Waals surface area (Å²) in [6.45, 7) is 0.806. The van der Waals surface area contributed by atoms with Crippen molar-refractivity contribution in [1.82, 2.24) is 5.32 Å². The number of nitrogens with one attached hydrogen (secondary N) is 2. The molecule has 1 heterocycles. The minimum Gasteiger partial charge on any atom is -0.463 e. The predicted molar refractivity (Wildman–Crippen MR) is 83.4 cm³/mol. The van der Waals surface area contributed by atoms with E-state index in [9.17, 15) is 4.79 Å². The van der Waals surface area contributed by atoms with Crippen LogP contribution in [0.15, 0.2) is 59.2 Å². The van der Waals surface area contributed by atoms with Gasteiger partial charge in [-0.25, -0.2) is 0 Å². The number of para-hydroxylation sites is 1. The number of hydrogen-bond acceptors (Lipinski definition) is 3. The summed E-state index contributed by atoms with van der Waals surface area (Å²) in [5.41, 5.74) is 3.20. The van der Waals surface area contributed by atoms with Gasteiger partial charge in [0.2, 0.25) is 0 Å². The van der Waals surface area contributed by atoms with Gasteiger partial charge in [0.25, 0.3) is 5.91 Å². The Balaban J connectivity index is 1.79. The van der Waals surface area contributed by atoms with Crippen LogP contribution in [-0.4, -0.2) is 13.0 Å². The van der Waals surface area contributed by atoms with Gasteiger partial charge in [-0.15, -0.1) is 0 Å². The quantitative estimate of drug-likeness (QED) is 0.770. The van der Waals surface area contributed by atoms with E-state index < -0.39 is 0 Å². The van der Waals surface area contributed by atoms with E-state index in [0.717, 1.165) is 17.6 Å². The Bertz CT molecular complexity index is 760. The van der Waals surface area contributed by atoms with Crippen LogP contribution >= 0.6 is 0 Å². The Labute approximate surface area is 122 Å². The number of carbonyl (C=O) groups is 1. The van der Waals surface area contributed by atoms with Gasteiger partial charge < -0.3 is 15.1 Å². The summed E-state index contributed by atoms with van der Waals surface area (Å²) in [5.74, 6) is -0.165. The summed E-state index contributed by atoms with van der Waals surface area (Å²) in [4.78, 5) is 12.3. The molecule has 2 aromatic carbocycles. The molecule has 0 aliphatic rings. The lowest BCUT2D eigenvalue weighted by Crippen LogP contribution is -2.11. The van der Waals surface area contributed by atoms with Crippen LogP contribution in [0.4, 0.5) is 5.69 Å². The second-order valence-corrected chi connectivity index (χ2v) is 4.83. The molecular weight excluding hydrogens is 264 g/mol. The summed E-state index contributed by atoms with van der Waals surface area (Å²) >= 11 is 0. The van der Waals surface area contributed by atoms with Crippen molar-refractivity contribution in [3.8, 4) is 0 Å². The zero-order valence-electron chi connectivity index (χ0n) is 11.7. The first kappa shape index (κ1) is 13.4. The Kier molecular flexibility index (Phi) is 3.71. The van der Waals surface area contributed by atoms with Crippen molar-refractivity contribution in [2.45, 2.75) is 6.54 Å². The average molecular weight is 280 g/mol. The van der Waals surface area contributed by atoms with Gasteiger partial charge in [0.15, 0.2) is 0 Å². The molecule has 1 aromatic heterocycles. The van der Waals surface area contributed by atoms with Crippen LogP contribution in [0.5, 0.6) is 0 Å². The van der Waals surface area contributed by atoms with E-state index in [2.05, 4.69) is 10.6 Å². The highest BCUT2D eigenvalue weighted by Gasteiger charge is 2.13. The van der Waals surface area contributed by atoms with Crippen molar-refractivity contribution < 1.29 is 9.21 Å². The average Bonchev–Trinajstić information content (AvgIpc) is 2.93. The summed E-state index contributed by atoms with van der Waals surface area (Å²) in [6.07, 6.45) is 1.50. The van der Waals surface area contributed by atoms with Crippen LogP contribution < -0.4 is 10.6 Å². The topological polar surface area (TPSA) is 54.3 Å². The van der Waals surface area contributed by atoms with Gasteiger partial charge in [-0.05, 0) is 30.8 Å². The number of amides is 1. The van der Waals surface area contributed by atoms with Crippen LogP contribution in [0.3, 0.4) is 0 Å². The van der Waals surface area contributed by atoms with E-state index in [1.807, 2.05) is 55.6 Å². The number of benzene rings is 2. The smallest absolute Gasteiger partial charge is 0.259 e. The molecule has 0 spiro atoms. The molecular formula is C17H16N2O2. The van der Waals surface area contributed by atoms with Crippen molar-refractivity contribution in [3.63, 3.8) is 0 Å². The molecule has 4 nitrogen and oxygen atoms in total. The molecule has 0 aliphatic carbocycles. The third-order valence-electron chi connectivity index (χ3n) is 3.32. The highest BCUT2D eigenvalue weighted by Crippen LogP contribution is 2.21. The van der Waals surface area contributed by atoms with Crippen LogP contribution in [0.1, 0.15) is 15.9 Å². The zero-order chi connectivity index (χ0) is 14.7. The molecule has 0 bridgehead atoms. The molecule has 0 atom stereocenters. The fourth-order valence-electron chi connectivity index (χ4n) is 2.26. The lowest BCUT2D eigenvalue weighted by Gasteiger charge is -2.05. The van der Waals surface area contributed by atoms with E-state index in [1.54, 1.807) is 0 Å². The number of anilines is 1. The Morgan fingerprint density at radius 2 is 1.86 bits per heavy atom. The summed E-state index contributed by atoms with van der Waals surface area (Å²) in [6, 6.07) is 15.3. The number of fused-ring (bicyclic) bond motifs is 1. The second-order valence-electron chi connectivity index (χ2n) is 4.83. The third-order valence-corrected chi connectivity index (χ3v) is 3.32. The van der Waals surface area contributed by atoms with Gasteiger partial charge in [0.05, 0.1) is 5.56 Å². The molecule has 0 fully saturated rings. The minimum atomic E-state index is -0.165. The number of rotatable bonds is 4. The standard InChI is InChI=1S/C17H16N2O2/c1-18-10-12-6-8-13(9-7-12)19-17(20)15-11-21-16-5-3-2-4-14(15)16/h2-9,11,18H,10H2,1H3,(H,19,20). The van der Waals surface area contributed by atoms with E-state index in [1.165, 1.54) is 11.8 Å². The molecule has 3 rings (SSSR count). The molecule has 21 heavy (non-hydrogen) atoms. The highest BCUT2D eigenvalue weighted by atomic mass is 16.3. The summed E-state index contributed by atoms with van der Waals surface area (Å²) in [5, 5.41) is 6.79. The number of furan rings is 1. The largest absolute Gasteiger partial charge is 0.463 e. The van der Waals surface area contributed by atoms with Gasteiger partial charge in [-0.3, -0.25) is 4.79 Å². The molecule has 106 valence electrons. The molecule has 0 unspecified atom stereocenters. The minimum absolute atomic E-state index is 0.165. The Hall–Kier alpha value is -2.59. The highest BCUT2D eigenvalue weighted by molar-refractivity contribution is 6.12. The lowest BCUT2D eigenvalue weighted by atomic mass is 10.1. The second kappa shape index (κ2) is 5.81. The van der Waals surface area contributed by atoms with Crippen molar-refractivity contribution in [2.75, 3.05) is 12.4 Å². The normalized spacial score (nSPS) is 10.7. The Morgan fingerprint density at radius 1 is 1.10 bits per heavy atom. The molecule has 3 aromatic rings. The maximum absolute atomic E-state index is 12.3. The fourth-order valence-corrected chi connectivity index (χ4v) is 2.26. The Morgan fingerprint density at radius 3 is 2.62 bits per heavy atom. The maximum Gasteiger partial charge on any atom is 0.259 e. The molecule has 0 saturated heterocycles. The van der Waals surface area contributed by atoms with E-state index in [4.69, 9.17) is 4.42 Å². The van der Waals surface area contributed by atoms with Crippen LogP contribution in [0, 0.1) is 0 Å². The predicted octanol–water partition coefficient (Wildman–Crippen LogP) is 3.40. The lowest BCUT2D eigenvalue weighted by molar-refractivity contribution is 0.102. The SMILES string of the molecule is CNCc1ccc(NC(=O)c2coc3ccccc23)cc1. The zero-order valence-corrected chi connectivity index (χ0v) is 11.7. The van der Waals surface area contributed by atoms with E-state index >= 15 is 0 Å². The number of carbonyl (C=O) groups excluding carboxylic acids is 1. The van der Waals surface area contributed by atoms with E-state index in [0.29, 0.717) is 11.1 Å². The fraction of sp³-hybridized carbons (Fsp3) is 0.118. The van der Waals surface area contributed by atoms with Gasteiger partial charge in [0, 0.05) is 17.6 Å². The van der Waals surface area contributed by atoms with Gasteiger partial charge in [-0.1, -0.05) is 30.3 Å². The van der Waals surface area contributed by atoms with Gasteiger partial charge in [-0.2, -0.15) is 0 Å². The molecule has 0 aliphatic heterocycles. The molecule has 0 radical (unpaired) electrons. The summed E-state index contributed by atoms with van der Waals surface area (Å²) in [7, 11) is 1.90. The maximum atomic E-state index is 12.3. The van der Waals surface area contributed by atoms with Gasteiger partial charge in [0.1, 0.15) is 11.8 Å². The van der Waals surface area contributed by atoms with Crippen molar-refractivity contribution in [3.05, 3.63) is 65.9 Å². The van der Waals surface area contributed by atoms with E-state index in [-0.39, 0.29) is 5.91 Å². The van der Waals surface area contributed by atoms with Crippen molar-refractivity contribution in [2.24, 2.45) is 0 Å². The van der Waals surface area contributed by atoms with Crippen LogP contribution in [0.25, 0.3) is 11.0 Å². The first-order chi connectivity index (χ1) is 10.3. The third kappa shape index (κ3) is 2.80. The summed E-state index contributed by atoms with van der Waals surface area (Å²) < 4.78 is 5.39. The molecule has 2 N–H and O–H groups in total. The number of hydrogen-bond donors (Lipinski definition) is 2. The van der Waals surface area contributed by atoms with Crippen LogP contribution in [0.2, 0.25) is 0 Å². The monoisotopic (exact) mass is 280 g/mol.